The Morgan fingerprint density at radius 3 is 2.71 bits per heavy atom. The molecule has 0 spiro atoms. The Labute approximate surface area is 180 Å². The highest BCUT2D eigenvalue weighted by molar-refractivity contribution is 6.04. The van der Waals surface area contributed by atoms with Crippen molar-refractivity contribution < 1.29 is 14.3 Å². The number of hydrogen-bond donors (Lipinski definition) is 1. The highest BCUT2D eigenvalue weighted by Crippen LogP contribution is 2.15. The van der Waals surface area contributed by atoms with Crippen molar-refractivity contribution in [2.24, 2.45) is 7.05 Å². The van der Waals surface area contributed by atoms with E-state index in [0.29, 0.717) is 23.9 Å². The van der Waals surface area contributed by atoms with E-state index in [1.54, 1.807) is 31.3 Å². The topological polar surface area (TPSA) is 85.7 Å². The molecule has 162 valence electrons. The SMILES string of the molecule is Cn1nc(C(=O)NCc2cccc(OCCN3CCOCC3)c2)c2ccccc2c1=O. The van der Waals surface area contributed by atoms with Crippen molar-refractivity contribution >= 4 is 16.7 Å². The Bertz CT molecular complexity index is 1120. The van der Waals surface area contributed by atoms with E-state index in [2.05, 4.69) is 15.3 Å². The summed E-state index contributed by atoms with van der Waals surface area (Å²) in [5.74, 6) is 0.441. The number of carbonyl (C=O) groups excluding carboxylic acids is 1. The van der Waals surface area contributed by atoms with Gasteiger partial charge in [-0.1, -0.05) is 30.3 Å². The number of fused-ring (bicyclic) bond motifs is 1. The first-order valence-electron chi connectivity index (χ1n) is 10.4. The monoisotopic (exact) mass is 422 g/mol. The van der Waals surface area contributed by atoms with Crippen molar-refractivity contribution in [2.75, 3.05) is 39.5 Å². The van der Waals surface area contributed by atoms with Gasteiger partial charge in [0, 0.05) is 38.6 Å². The summed E-state index contributed by atoms with van der Waals surface area (Å²) in [6.07, 6.45) is 0. The van der Waals surface area contributed by atoms with Gasteiger partial charge in [-0.3, -0.25) is 14.5 Å². The molecule has 1 N–H and O–H groups in total. The third-order valence-electron chi connectivity index (χ3n) is 5.30. The molecule has 0 saturated carbocycles. The van der Waals surface area contributed by atoms with E-state index in [1.807, 2.05) is 24.3 Å². The van der Waals surface area contributed by atoms with E-state index >= 15 is 0 Å². The Morgan fingerprint density at radius 2 is 1.90 bits per heavy atom. The quantitative estimate of drug-likeness (QED) is 0.622. The molecule has 0 radical (unpaired) electrons. The van der Waals surface area contributed by atoms with Crippen LogP contribution in [-0.2, 0) is 18.3 Å². The molecule has 4 rings (SSSR count). The number of ether oxygens (including phenoxy) is 2. The Hall–Kier alpha value is -3.23. The second-order valence-electron chi connectivity index (χ2n) is 7.46. The molecule has 2 heterocycles. The molecule has 8 heteroatoms. The average molecular weight is 422 g/mol. The standard InChI is InChI=1S/C23H26N4O4/c1-26-23(29)20-8-3-2-7-19(20)21(25-26)22(28)24-16-17-5-4-6-18(15-17)31-14-11-27-9-12-30-13-10-27/h2-8,15H,9-14,16H2,1H3,(H,24,28). The van der Waals surface area contributed by atoms with Crippen LogP contribution in [0, 0.1) is 0 Å². The van der Waals surface area contributed by atoms with Crippen LogP contribution in [0.2, 0.25) is 0 Å². The van der Waals surface area contributed by atoms with E-state index in [1.165, 1.54) is 4.68 Å². The minimum absolute atomic E-state index is 0.228. The highest BCUT2D eigenvalue weighted by Gasteiger charge is 2.15. The zero-order chi connectivity index (χ0) is 21.6. The van der Waals surface area contributed by atoms with Crippen LogP contribution in [0.15, 0.2) is 53.3 Å². The first-order chi connectivity index (χ1) is 15.1. The van der Waals surface area contributed by atoms with Gasteiger partial charge in [0.05, 0.1) is 18.6 Å². The average Bonchev–Trinajstić information content (AvgIpc) is 2.81. The largest absolute Gasteiger partial charge is 0.492 e. The zero-order valence-corrected chi connectivity index (χ0v) is 17.5. The fourth-order valence-electron chi connectivity index (χ4n) is 3.60. The summed E-state index contributed by atoms with van der Waals surface area (Å²) in [6.45, 7) is 5.20. The van der Waals surface area contributed by atoms with Gasteiger partial charge in [-0.05, 0) is 23.8 Å². The molecule has 0 unspecified atom stereocenters. The van der Waals surface area contributed by atoms with Crippen LogP contribution in [-0.4, -0.2) is 60.0 Å². The minimum atomic E-state index is -0.328. The van der Waals surface area contributed by atoms with Crippen molar-refractivity contribution in [1.82, 2.24) is 20.0 Å². The third-order valence-corrected chi connectivity index (χ3v) is 5.30. The predicted molar refractivity (Wildman–Crippen MR) is 117 cm³/mol. The van der Waals surface area contributed by atoms with Crippen molar-refractivity contribution in [3.63, 3.8) is 0 Å². The number of nitrogens with zero attached hydrogens (tertiary/aromatic N) is 3. The van der Waals surface area contributed by atoms with Gasteiger partial charge in [-0.25, -0.2) is 4.68 Å². The van der Waals surface area contributed by atoms with Crippen LogP contribution >= 0.6 is 0 Å². The lowest BCUT2D eigenvalue weighted by Gasteiger charge is -2.26. The van der Waals surface area contributed by atoms with E-state index < -0.39 is 0 Å². The summed E-state index contributed by atoms with van der Waals surface area (Å²) in [6, 6.07) is 14.7. The Balaban J connectivity index is 1.38. The van der Waals surface area contributed by atoms with E-state index in [0.717, 1.165) is 44.2 Å². The van der Waals surface area contributed by atoms with Crippen LogP contribution in [0.5, 0.6) is 5.75 Å². The van der Waals surface area contributed by atoms with Crippen LogP contribution in [0.1, 0.15) is 16.1 Å². The molecule has 0 bridgehead atoms. The summed E-state index contributed by atoms with van der Waals surface area (Å²) in [5, 5.41) is 8.08. The smallest absolute Gasteiger partial charge is 0.274 e. The molecule has 0 atom stereocenters. The van der Waals surface area contributed by atoms with E-state index in [9.17, 15) is 9.59 Å². The fraction of sp³-hybridized carbons (Fsp3) is 0.348. The summed E-state index contributed by atoms with van der Waals surface area (Å²) in [5.41, 5.74) is 0.927. The number of nitrogens with one attached hydrogen (secondary N) is 1. The second kappa shape index (κ2) is 9.72. The van der Waals surface area contributed by atoms with Gasteiger partial charge < -0.3 is 14.8 Å². The number of amides is 1. The Morgan fingerprint density at radius 1 is 1.13 bits per heavy atom. The van der Waals surface area contributed by atoms with Gasteiger partial charge in [-0.15, -0.1) is 0 Å². The molecule has 31 heavy (non-hydrogen) atoms. The molecule has 8 nitrogen and oxygen atoms in total. The van der Waals surface area contributed by atoms with Crippen molar-refractivity contribution in [2.45, 2.75) is 6.54 Å². The molecular formula is C23H26N4O4. The van der Waals surface area contributed by atoms with E-state index in [4.69, 9.17) is 9.47 Å². The van der Waals surface area contributed by atoms with Crippen LogP contribution < -0.4 is 15.6 Å². The van der Waals surface area contributed by atoms with Crippen molar-refractivity contribution in [1.29, 1.82) is 0 Å². The lowest BCUT2D eigenvalue weighted by Crippen LogP contribution is -2.38. The molecule has 2 aromatic carbocycles. The molecule has 1 amide bonds. The lowest BCUT2D eigenvalue weighted by molar-refractivity contribution is 0.0322. The molecule has 1 fully saturated rings. The number of aromatic nitrogens is 2. The number of carbonyl (C=O) groups is 1. The van der Waals surface area contributed by atoms with Gasteiger partial charge in [0.15, 0.2) is 5.69 Å². The minimum Gasteiger partial charge on any atom is -0.492 e. The molecule has 1 aliphatic rings. The van der Waals surface area contributed by atoms with E-state index in [-0.39, 0.29) is 17.2 Å². The van der Waals surface area contributed by atoms with Crippen molar-refractivity contribution in [3.8, 4) is 5.75 Å². The van der Waals surface area contributed by atoms with Gasteiger partial charge in [0.2, 0.25) is 0 Å². The maximum atomic E-state index is 12.8. The van der Waals surface area contributed by atoms with Crippen LogP contribution in [0.3, 0.4) is 0 Å². The Kier molecular flexibility index (Phi) is 6.59. The van der Waals surface area contributed by atoms with Crippen molar-refractivity contribution in [3.05, 3.63) is 70.1 Å². The molecule has 3 aromatic rings. The number of morpholine rings is 1. The van der Waals surface area contributed by atoms with Crippen LogP contribution in [0.25, 0.3) is 10.8 Å². The van der Waals surface area contributed by atoms with Gasteiger partial charge >= 0.3 is 0 Å². The number of aryl methyl sites for hydroxylation is 1. The summed E-state index contributed by atoms with van der Waals surface area (Å²) < 4.78 is 12.4. The molecule has 1 aromatic heterocycles. The fourth-order valence-corrected chi connectivity index (χ4v) is 3.60. The maximum absolute atomic E-state index is 12.8. The molecule has 1 aliphatic heterocycles. The molecular weight excluding hydrogens is 396 g/mol. The second-order valence-corrected chi connectivity index (χ2v) is 7.46. The van der Waals surface area contributed by atoms with Crippen LogP contribution in [0.4, 0.5) is 0 Å². The molecule has 0 aliphatic carbocycles. The van der Waals surface area contributed by atoms with Gasteiger partial charge in [0.25, 0.3) is 11.5 Å². The molecule has 1 saturated heterocycles. The summed E-state index contributed by atoms with van der Waals surface area (Å²) in [4.78, 5) is 27.4. The van der Waals surface area contributed by atoms with Gasteiger partial charge in [0.1, 0.15) is 12.4 Å². The normalized spacial score (nSPS) is 14.5. The highest BCUT2D eigenvalue weighted by atomic mass is 16.5. The maximum Gasteiger partial charge on any atom is 0.274 e. The first kappa shape index (κ1) is 21.0. The number of benzene rings is 2. The third kappa shape index (κ3) is 5.10. The number of hydrogen-bond acceptors (Lipinski definition) is 6. The lowest BCUT2D eigenvalue weighted by atomic mass is 10.1. The summed E-state index contributed by atoms with van der Waals surface area (Å²) >= 11 is 0. The zero-order valence-electron chi connectivity index (χ0n) is 17.5. The number of rotatable bonds is 7. The predicted octanol–water partition coefficient (Wildman–Crippen LogP) is 1.57. The summed E-state index contributed by atoms with van der Waals surface area (Å²) in [7, 11) is 1.54. The first-order valence-corrected chi connectivity index (χ1v) is 10.4. The van der Waals surface area contributed by atoms with Gasteiger partial charge in [-0.2, -0.15) is 5.10 Å².